The van der Waals surface area contributed by atoms with E-state index in [1.54, 1.807) is 6.20 Å². The van der Waals surface area contributed by atoms with Crippen LogP contribution in [0.15, 0.2) is 18.5 Å². The van der Waals surface area contributed by atoms with Gasteiger partial charge in [0, 0.05) is 49.8 Å². The fourth-order valence-corrected chi connectivity index (χ4v) is 4.95. The number of carbonyl (C=O) groups excluding carboxylic acids is 1. The van der Waals surface area contributed by atoms with Crippen LogP contribution in [0.25, 0.3) is 0 Å². The SMILES string of the molecule is O=C(CCCn1cccn1)N[C@H]1[C@H]2CCO[C@H]2[C@H]1C1CCCC1. The smallest absolute Gasteiger partial charge is 0.220 e. The summed E-state index contributed by atoms with van der Waals surface area (Å²) in [4.78, 5) is 12.3. The van der Waals surface area contributed by atoms with Crippen molar-refractivity contribution in [3.8, 4) is 0 Å². The number of ether oxygens (including phenoxy) is 1. The van der Waals surface area contributed by atoms with Crippen molar-refractivity contribution in [3.63, 3.8) is 0 Å². The molecule has 0 unspecified atom stereocenters. The zero-order valence-electron chi connectivity index (χ0n) is 13.7. The van der Waals surface area contributed by atoms with Crippen LogP contribution in [0.2, 0.25) is 0 Å². The molecule has 3 fully saturated rings. The number of nitrogens with one attached hydrogen (secondary N) is 1. The number of hydrogen-bond donors (Lipinski definition) is 1. The molecule has 1 N–H and O–H groups in total. The van der Waals surface area contributed by atoms with Gasteiger partial charge in [-0.05, 0) is 24.8 Å². The van der Waals surface area contributed by atoms with E-state index in [1.165, 1.54) is 25.7 Å². The largest absolute Gasteiger partial charge is 0.377 e. The van der Waals surface area contributed by atoms with Gasteiger partial charge in [0.25, 0.3) is 0 Å². The van der Waals surface area contributed by atoms with Crippen molar-refractivity contribution in [3.05, 3.63) is 18.5 Å². The van der Waals surface area contributed by atoms with Gasteiger partial charge in [-0.2, -0.15) is 5.10 Å². The Kier molecular flexibility index (Phi) is 4.38. The number of carbonyl (C=O) groups is 1. The van der Waals surface area contributed by atoms with E-state index in [0.717, 1.165) is 31.9 Å². The molecule has 1 amide bonds. The number of rotatable bonds is 6. The summed E-state index contributed by atoms with van der Waals surface area (Å²) in [5, 5.41) is 7.52. The summed E-state index contributed by atoms with van der Waals surface area (Å²) in [6.45, 7) is 1.69. The lowest BCUT2D eigenvalue weighted by atomic mass is 9.61. The van der Waals surface area contributed by atoms with Crippen LogP contribution in [0.3, 0.4) is 0 Å². The Hall–Kier alpha value is -1.36. The van der Waals surface area contributed by atoms with Gasteiger partial charge in [0.05, 0.1) is 6.10 Å². The van der Waals surface area contributed by atoms with Crippen molar-refractivity contribution >= 4 is 5.91 Å². The van der Waals surface area contributed by atoms with E-state index in [2.05, 4.69) is 10.4 Å². The molecule has 3 aliphatic rings. The summed E-state index contributed by atoms with van der Waals surface area (Å²) in [5.74, 6) is 2.11. The third kappa shape index (κ3) is 3.03. The van der Waals surface area contributed by atoms with E-state index in [9.17, 15) is 4.79 Å². The number of hydrogen-bond acceptors (Lipinski definition) is 3. The number of aromatic nitrogens is 2. The van der Waals surface area contributed by atoms with E-state index in [1.807, 2.05) is 16.9 Å². The molecule has 0 aromatic carbocycles. The normalized spacial score (nSPS) is 33.4. The molecule has 126 valence electrons. The van der Waals surface area contributed by atoms with Crippen molar-refractivity contribution in [2.45, 2.75) is 63.6 Å². The number of nitrogens with zero attached hydrogens (tertiary/aromatic N) is 2. The molecule has 1 saturated heterocycles. The highest BCUT2D eigenvalue weighted by Crippen LogP contribution is 2.51. The minimum atomic E-state index is 0.204. The maximum absolute atomic E-state index is 12.3. The van der Waals surface area contributed by atoms with E-state index >= 15 is 0 Å². The molecule has 23 heavy (non-hydrogen) atoms. The van der Waals surface area contributed by atoms with Crippen LogP contribution in [0.1, 0.15) is 44.9 Å². The van der Waals surface area contributed by atoms with Crippen LogP contribution in [-0.4, -0.2) is 34.4 Å². The van der Waals surface area contributed by atoms with Crippen LogP contribution in [0.5, 0.6) is 0 Å². The molecule has 1 aromatic rings. The molecule has 1 aromatic heterocycles. The van der Waals surface area contributed by atoms with Crippen molar-refractivity contribution < 1.29 is 9.53 Å². The Bertz CT molecular complexity index is 520. The Morgan fingerprint density at radius 2 is 2.17 bits per heavy atom. The van der Waals surface area contributed by atoms with E-state index in [-0.39, 0.29) is 5.91 Å². The number of aryl methyl sites for hydroxylation is 1. The lowest BCUT2D eigenvalue weighted by molar-refractivity contribution is -0.130. The number of fused-ring (bicyclic) bond motifs is 1. The van der Waals surface area contributed by atoms with Gasteiger partial charge in [-0.25, -0.2) is 0 Å². The van der Waals surface area contributed by atoms with Crippen LogP contribution in [-0.2, 0) is 16.1 Å². The summed E-state index contributed by atoms with van der Waals surface area (Å²) in [7, 11) is 0. The zero-order chi connectivity index (χ0) is 15.6. The standard InChI is InChI=1S/C18H27N3O2/c22-15(7-3-10-21-11-4-9-19-21)20-17-14-8-12-23-18(14)16(17)13-5-1-2-6-13/h4,9,11,13-14,16-18H,1-3,5-8,10,12H2,(H,20,22)/t14-,16+,17+,18-/m1/s1. The van der Waals surface area contributed by atoms with Crippen molar-refractivity contribution in [1.29, 1.82) is 0 Å². The van der Waals surface area contributed by atoms with E-state index in [4.69, 9.17) is 4.74 Å². The highest BCUT2D eigenvalue weighted by Gasteiger charge is 2.56. The van der Waals surface area contributed by atoms with Gasteiger partial charge in [0.1, 0.15) is 0 Å². The van der Waals surface area contributed by atoms with Gasteiger partial charge in [0.15, 0.2) is 0 Å². The van der Waals surface area contributed by atoms with Gasteiger partial charge < -0.3 is 10.1 Å². The first-order chi connectivity index (χ1) is 11.3. The summed E-state index contributed by atoms with van der Waals surface area (Å²) in [6.07, 6.45) is 12.0. The molecular formula is C18H27N3O2. The molecule has 0 bridgehead atoms. The van der Waals surface area contributed by atoms with Gasteiger partial charge in [-0.1, -0.05) is 25.7 Å². The van der Waals surface area contributed by atoms with Crippen molar-refractivity contribution in [2.24, 2.45) is 17.8 Å². The average molecular weight is 317 g/mol. The van der Waals surface area contributed by atoms with Crippen LogP contribution in [0.4, 0.5) is 0 Å². The first-order valence-electron chi connectivity index (χ1n) is 9.21. The molecule has 0 radical (unpaired) electrons. The maximum Gasteiger partial charge on any atom is 0.220 e. The fourth-order valence-electron chi connectivity index (χ4n) is 4.95. The molecule has 5 nitrogen and oxygen atoms in total. The second-order valence-corrected chi connectivity index (χ2v) is 7.38. The topological polar surface area (TPSA) is 56.2 Å². The van der Waals surface area contributed by atoms with Crippen molar-refractivity contribution in [1.82, 2.24) is 15.1 Å². The number of amides is 1. The van der Waals surface area contributed by atoms with Crippen LogP contribution < -0.4 is 5.32 Å². The third-order valence-corrected chi connectivity index (χ3v) is 6.06. The molecule has 2 saturated carbocycles. The molecule has 2 heterocycles. The van der Waals surface area contributed by atoms with Gasteiger partial charge in [-0.15, -0.1) is 0 Å². The Morgan fingerprint density at radius 3 is 2.96 bits per heavy atom. The van der Waals surface area contributed by atoms with Gasteiger partial charge in [0.2, 0.25) is 5.91 Å². The fraction of sp³-hybridized carbons (Fsp3) is 0.778. The summed E-state index contributed by atoms with van der Waals surface area (Å²) in [6, 6.07) is 2.28. The highest BCUT2D eigenvalue weighted by molar-refractivity contribution is 5.76. The predicted molar refractivity (Wildman–Crippen MR) is 86.7 cm³/mol. The van der Waals surface area contributed by atoms with Gasteiger partial charge in [-0.3, -0.25) is 9.48 Å². The van der Waals surface area contributed by atoms with E-state index < -0.39 is 0 Å². The molecule has 4 rings (SSSR count). The predicted octanol–water partition coefficient (Wildman–Crippen LogP) is 2.37. The molecule has 2 aliphatic carbocycles. The summed E-state index contributed by atoms with van der Waals surface area (Å²) in [5.41, 5.74) is 0. The van der Waals surface area contributed by atoms with Crippen molar-refractivity contribution in [2.75, 3.05) is 6.61 Å². The molecule has 5 heteroatoms. The molecule has 1 aliphatic heterocycles. The minimum Gasteiger partial charge on any atom is -0.377 e. The lowest BCUT2D eigenvalue weighted by Crippen LogP contribution is -2.63. The van der Waals surface area contributed by atoms with Crippen LogP contribution >= 0.6 is 0 Å². The Morgan fingerprint density at radius 1 is 1.30 bits per heavy atom. The second kappa shape index (κ2) is 6.63. The quantitative estimate of drug-likeness (QED) is 0.876. The summed E-state index contributed by atoms with van der Waals surface area (Å²) < 4.78 is 7.84. The van der Waals surface area contributed by atoms with Crippen LogP contribution in [0, 0.1) is 17.8 Å². The molecule has 4 atom stereocenters. The Balaban J connectivity index is 1.28. The first-order valence-corrected chi connectivity index (χ1v) is 9.21. The summed E-state index contributed by atoms with van der Waals surface area (Å²) >= 11 is 0. The lowest BCUT2D eigenvalue weighted by Gasteiger charge is -2.50. The minimum absolute atomic E-state index is 0.204. The zero-order valence-corrected chi connectivity index (χ0v) is 13.7. The monoisotopic (exact) mass is 317 g/mol. The molecule has 0 spiro atoms. The molecular weight excluding hydrogens is 290 g/mol. The van der Waals surface area contributed by atoms with Gasteiger partial charge >= 0.3 is 0 Å². The second-order valence-electron chi connectivity index (χ2n) is 7.38. The Labute approximate surface area is 137 Å². The van der Waals surface area contributed by atoms with E-state index in [0.29, 0.717) is 30.4 Å². The average Bonchev–Trinajstić information content (AvgIpc) is 3.27. The maximum atomic E-state index is 12.3. The first kappa shape index (κ1) is 15.2. The third-order valence-electron chi connectivity index (χ3n) is 6.06. The highest BCUT2D eigenvalue weighted by atomic mass is 16.5.